The number of nitrogens with one attached hydrogen (secondary N) is 1. The van der Waals surface area contributed by atoms with Crippen LogP contribution in [0.2, 0.25) is 0 Å². The fourth-order valence-electron chi connectivity index (χ4n) is 2.20. The summed E-state index contributed by atoms with van der Waals surface area (Å²) in [4.78, 5) is 12.1. The molecule has 0 radical (unpaired) electrons. The Labute approximate surface area is 112 Å². The summed E-state index contributed by atoms with van der Waals surface area (Å²) in [6, 6.07) is 4.54. The molecule has 1 fully saturated rings. The summed E-state index contributed by atoms with van der Waals surface area (Å²) in [5.41, 5.74) is 0.241. The van der Waals surface area contributed by atoms with Crippen LogP contribution in [-0.2, 0) is 4.74 Å². The number of hydrogen-bond donors (Lipinski definition) is 2. The fourth-order valence-corrected chi connectivity index (χ4v) is 2.20. The Morgan fingerprint density at radius 1 is 1.58 bits per heavy atom. The Kier molecular flexibility index (Phi) is 4.27. The van der Waals surface area contributed by atoms with Crippen LogP contribution in [0.25, 0.3) is 0 Å². The van der Waals surface area contributed by atoms with Gasteiger partial charge in [0.2, 0.25) is 0 Å². The van der Waals surface area contributed by atoms with Gasteiger partial charge in [-0.2, -0.15) is 0 Å². The highest BCUT2D eigenvalue weighted by atomic mass is 16.5. The number of rotatable bonds is 4. The van der Waals surface area contributed by atoms with Crippen LogP contribution >= 0.6 is 0 Å². The fraction of sp³-hybridized carbons (Fsp3) is 0.500. The zero-order valence-electron chi connectivity index (χ0n) is 11.2. The lowest BCUT2D eigenvalue weighted by Gasteiger charge is -2.20. The smallest absolute Gasteiger partial charge is 0.255 e. The van der Waals surface area contributed by atoms with Gasteiger partial charge in [-0.1, -0.05) is 0 Å². The third kappa shape index (κ3) is 3.17. The molecule has 2 rings (SSSR count). The Morgan fingerprint density at radius 3 is 2.95 bits per heavy atom. The average Bonchev–Trinajstić information content (AvgIpc) is 2.92. The highest BCUT2D eigenvalue weighted by molar-refractivity contribution is 5.97. The van der Waals surface area contributed by atoms with Gasteiger partial charge in [-0.15, -0.1) is 0 Å². The highest BCUT2D eigenvalue weighted by Crippen LogP contribution is 2.24. The molecule has 1 saturated heterocycles. The molecule has 0 aliphatic carbocycles. The van der Waals surface area contributed by atoms with Crippen LogP contribution in [0.5, 0.6) is 11.5 Å². The monoisotopic (exact) mass is 265 g/mol. The van der Waals surface area contributed by atoms with Crippen molar-refractivity contribution in [2.75, 3.05) is 13.7 Å². The largest absolute Gasteiger partial charge is 0.507 e. The Bertz CT molecular complexity index is 455. The maximum atomic E-state index is 12.1. The minimum absolute atomic E-state index is 0.0596. The van der Waals surface area contributed by atoms with E-state index in [0.717, 1.165) is 19.4 Å². The van der Waals surface area contributed by atoms with Gasteiger partial charge in [0.05, 0.1) is 24.8 Å². The number of hydrogen-bond acceptors (Lipinski definition) is 4. The Morgan fingerprint density at radius 2 is 2.37 bits per heavy atom. The number of amides is 1. The van der Waals surface area contributed by atoms with E-state index in [1.807, 2.05) is 6.92 Å². The van der Waals surface area contributed by atoms with Crippen LogP contribution in [0.1, 0.15) is 30.1 Å². The number of benzene rings is 1. The van der Waals surface area contributed by atoms with Crippen molar-refractivity contribution in [1.29, 1.82) is 0 Å². The molecular weight excluding hydrogens is 246 g/mol. The standard InChI is InChI=1S/C14H19NO4/c1-9(13-4-3-7-19-13)15-14(17)11-6-5-10(18-2)8-12(11)16/h5-6,8-9,13,16H,3-4,7H2,1-2H3,(H,15,17)/t9-,13-/m1/s1. The van der Waals surface area contributed by atoms with Crippen molar-refractivity contribution in [2.45, 2.75) is 31.9 Å². The summed E-state index contributed by atoms with van der Waals surface area (Å²) in [6.07, 6.45) is 2.04. The van der Waals surface area contributed by atoms with Gasteiger partial charge in [-0.3, -0.25) is 4.79 Å². The summed E-state index contributed by atoms with van der Waals surface area (Å²) in [7, 11) is 1.51. The molecule has 0 saturated carbocycles. The summed E-state index contributed by atoms with van der Waals surface area (Å²) in [5.74, 6) is 0.126. The molecule has 1 heterocycles. The van der Waals surface area contributed by atoms with E-state index in [1.165, 1.54) is 13.2 Å². The van der Waals surface area contributed by atoms with Gasteiger partial charge in [0.25, 0.3) is 5.91 Å². The van der Waals surface area contributed by atoms with Crippen LogP contribution < -0.4 is 10.1 Å². The number of phenolic OH excluding ortho intramolecular Hbond substituents is 1. The molecule has 104 valence electrons. The molecule has 0 bridgehead atoms. The first kappa shape index (κ1) is 13.7. The normalized spacial score (nSPS) is 20.0. The van der Waals surface area contributed by atoms with E-state index in [0.29, 0.717) is 5.75 Å². The van der Waals surface area contributed by atoms with Gasteiger partial charge in [-0.05, 0) is 31.9 Å². The number of aromatic hydroxyl groups is 1. The van der Waals surface area contributed by atoms with Crippen LogP contribution in [0.4, 0.5) is 0 Å². The molecule has 1 aromatic carbocycles. The van der Waals surface area contributed by atoms with E-state index < -0.39 is 0 Å². The first-order valence-corrected chi connectivity index (χ1v) is 6.41. The van der Waals surface area contributed by atoms with Crippen molar-refractivity contribution in [3.63, 3.8) is 0 Å². The van der Waals surface area contributed by atoms with Crippen molar-refractivity contribution in [2.24, 2.45) is 0 Å². The van der Waals surface area contributed by atoms with Gasteiger partial charge >= 0.3 is 0 Å². The van der Waals surface area contributed by atoms with Gasteiger partial charge in [0, 0.05) is 12.7 Å². The minimum atomic E-state index is -0.303. The topological polar surface area (TPSA) is 67.8 Å². The van der Waals surface area contributed by atoms with E-state index >= 15 is 0 Å². The molecule has 1 aliphatic rings. The third-order valence-electron chi connectivity index (χ3n) is 3.33. The number of ether oxygens (including phenoxy) is 2. The molecule has 0 unspecified atom stereocenters. The van der Waals surface area contributed by atoms with Crippen molar-refractivity contribution >= 4 is 5.91 Å². The lowest BCUT2D eigenvalue weighted by molar-refractivity contribution is 0.0711. The predicted molar refractivity (Wildman–Crippen MR) is 70.6 cm³/mol. The zero-order chi connectivity index (χ0) is 13.8. The molecule has 0 aromatic heterocycles. The molecule has 19 heavy (non-hydrogen) atoms. The van der Waals surface area contributed by atoms with Crippen molar-refractivity contribution in [1.82, 2.24) is 5.32 Å². The summed E-state index contributed by atoms with van der Waals surface area (Å²) >= 11 is 0. The average molecular weight is 265 g/mol. The van der Waals surface area contributed by atoms with E-state index in [9.17, 15) is 9.90 Å². The second kappa shape index (κ2) is 5.93. The lowest BCUT2D eigenvalue weighted by atomic mass is 10.1. The molecule has 5 heteroatoms. The Hall–Kier alpha value is -1.75. The highest BCUT2D eigenvalue weighted by Gasteiger charge is 2.24. The second-order valence-electron chi connectivity index (χ2n) is 4.70. The first-order valence-electron chi connectivity index (χ1n) is 6.41. The van der Waals surface area contributed by atoms with Crippen molar-refractivity contribution < 1.29 is 19.4 Å². The number of carbonyl (C=O) groups is 1. The summed E-state index contributed by atoms with van der Waals surface area (Å²) < 4.78 is 10.5. The quantitative estimate of drug-likeness (QED) is 0.869. The molecule has 1 amide bonds. The van der Waals surface area contributed by atoms with Crippen LogP contribution in [0.15, 0.2) is 18.2 Å². The van der Waals surface area contributed by atoms with E-state index in [4.69, 9.17) is 9.47 Å². The number of phenols is 1. The molecule has 1 aromatic rings. The van der Waals surface area contributed by atoms with Gasteiger partial charge in [0.15, 0.2) is 0 Å². The number of methoxy groups -OCH3 is 1. The van der Waals surface area contributed by atoms with Crippen molar-refractivity contribution in [3.8, 4) is 11.5 Å². The maximum Gasteiger partial charge on any atom is 0.255 e. The number of carbonyl (C=O) groups excluding carboxylic acids is 1. The van der Waals surface area contributed by atoms with Crippen LogP contribution in [-0.4, -0.2) is 36.9 Å². The van der Waals surface area contributed by atoms with Crippen LogP contribution in [0, 0.1) is 0 Å². The predicted octanol–water partition coefficient (Wildman–Crippen LogP) is 1.70. The van der Waals surface area contributed by atoms with Crippen molar-refractivity contribution in [3.05, 3.63) is 23.8 Å². The molecule has 1 aliphatic heterocycles. The van der Waals surface area contributed by atoms with Gasteiger partial charge in [0.1, 0.15) is 11.5 Å². The van der Waals surface area contributed by atoms with Gasteiger partial charge in [-0.25, -0.2) is 0 Å². The van der Waals surface area contributed by atoms with E-state index in [-0.39, 0.29) is 29.4 Å². The van der Waals surface area contributed by atoms with Gasteiger partial charge < -0.3 is 19.9 Å². The molecule has 0 spiro atoms. The lowest BCUT2D eigenvalue weighted by Crippen LogP contribution is -2.40. The molecular formula is C14H19NO4. The summed E-state index contributed by atoms with van der Waals surface area (Å²) in [5, 5.41) is 12.7. The first-order chi connectivity index (χ1) is 9.11. The molecule has 2 N–H and O–H groups in total. The second-order valence-corrected chi connectivity index (χ2v) is 4.70. The minimum Gasteiger partial charge on any atom is -0.507 e. The third-order valence-corrected chi connectivity index (χ3v) is 3.33. The van der Waals surface area contributed by atoms with E-state index in [1.54, 1.807) is 12.1 Å². The zero-order valence-corrected chi connectivity index (χ0v) is 11.2. The van der Waals surface area contributed by atoms with E-state index in [2.05, 4.69) is 5.32 Å². The van der Waals surface area contributed by atoms with Crippen LogP contribution in [0.3, 0.4) is 0 Å². The Balaban J connectivity index is 2.02. The maximum absolute atomic E-state index is 12.1. The SMILES string of the molecule is COc1ccc(C(=O)N[C@H](C)[C@H]2CCCO2)c(O)c1. The molecule has 5 nitrogen and oxygen atoms in total. The molecule has 2 atom stereocenters. The summed E-state index contributed by atoms with van der Waals surface area (Å²) in [6.45, 7) is 2.66.